The highest BCUT2D eigenvalue weighted by Gasteiger charge is 2.13. The van der Waals surface area contributed by atoms with Gasteiger partial charge in [-0.1, -0.05) is 18.5 Å². The smallest absolute Gasteiger partial charge is 0.271 e. The summed E-state index contributed by atoms with van der Waals surface area (Å²) in [4.78, 5) is 20.7. The van der Waals surface area contributed by atoms with Crippen LogP contribution >= 0.6 is 22.9 Å². The molecule has 0 aliphatic carbocycles. The number of hydrogen-bond donors (Lipinski definition) is 2. The summed E-state index contributed by atoms with van der Waals surface area (Å²) < 4.78 is 0. The van der Waals surface area contributed by atoms with Gasteiger partial charge in [0.1, 0.15) is 11.5 Å². The van der Waals surface area contributed by atoms with Crippen LogP contribution in [0, 0.1) is 6.92 Å². The molecule has 2 aromatic rings. The fourth-order valence-corrected chi connectivity index (χ4v) is 2.50. The van der Waals surface area contributed by atoms with Crippen molar-refractivity contribution in [1.29, 1.82) is 0 Å². The number of nitrogens with one attached hydrogen (secondary N) is 2. The third kappa shape index (κ3) is 4.41. The van der Waals surface area contributed by atoms with E-state index in [-0.39, 0.29) is 11.6 Å². The minimum Gasteiger partial charge on any atom is -0.370 e. The van der Waals surface area contributed by atoms with Crippen molar-refractivity contribution in [3.8, 4) is 0 Å². The zero-order chi connectivity index (χ0) is 15.2. The van der Waals surface area contributed by atoms with E-state index < -0.39 is 0 Å². The van der Waals surface area contributed by atoms with Crippen LogP contribution in [0.1, 0.15) is 34.5 Å². The van der Waals surface area contributed by atoms with Gasteiger partial charge in [-0.05, 0) is 25.5 Å². The molecule has 0 saturated carbocycles. The minimum absolute atomic E-state index is 0.227. The molecule has 0 spiro atoms. The van der Waals surface area contributed by atoms with Crippen LogP contribution in [-0.2, 0) is 6.54 Å². The van der Waals surface area contributed by atoms with Crippen molar-refractivity contribution in [2.24, 2.45) is 0 Å². The molecule has 1 amide bonds. The Bertz CT molecular complexity index is 629. The Balaban J connectivity index is 2.03. The number of thiazole rings is 1. The first-order chi connectivity index (χ1) is 10.1. The molecule has 5 nitrogen and oxygen atoms in total. The van der Waals surface area contributed by atoms with E-state index in [2.05, 4.69) is 27.5 Å². The third-order valence-electron chi connectivity index (χ3n) is 2.71. The zero-order valence-electron chi connectivity index (χ0n) is 11.9. The summed E-state index contributed by atoms with van der Waals surface area (Å²) in [6, 6.07) is 3.44. The standard InChI is InChI=1S/C14H17ClN4OS/c1-3-6-16-12-5-4-11(15)13(19-12)14(20)17-7-10-8-21-9(2)18-10/h4-5,8H,3,6-7H2,1-2H3,(H,16,19)(H,17,20). The monoisotopic (exact) mass is 324 g/mol. The van der Waals surface area contributed by atoms with Gasteiger partial charge in [-0.3, -0.25) is 4.79 Å². The van der Waals surface area contributed by atoms with E-state index in [1.54, 1.807) is 23.5 Å². The minimum atomic E-state index is -0.300. The van der Waals surface area contributed by atoms with Crippen LogP contribution in [0.4, 0.5) is 5.82 Å². The average Bonchev–Trinajstić information content (AvgIpc) is 2.89. The van der Waals surface area contributed by atoms with E-state index in [0.717, 1.165) is 23.7 Å². The normalized spacial score (nSPS) is 10.4. The molecule has 7 heteroatoms. The number of halogens is 1. The average molecular weight is 325 g/mol. The maximum Gasteiger partial charge on any atom is 0.271 e. The van der Waals surface area contributed by atoms with E-state index in [1.807, 2.05) is 12.3 Å². The van der Waals surface area contributed by atoms with Crippen LogP contribution < -0.4 is 10.6 Å². The molecular formula is C14H17ClN4OS. The third-order valence-corrected chi connectivity index (χ3v) is 3.84. The Morgan fingerprint density at radius 1 is 1.38 bits per heavy atom. The second kappa shape index (κ2) is 7.38. The van der Waals surface area contributed by atoms with Crippen molar-refractivity contribution >= 4 is 34.7 Å². The molecule has 0 aromatic carbocycles. The Labute approximate surface area is 132 Å². The van der Waals surface area contributed by atoms with Crippen molar-refractivity contribution < 1.29 is 4.79 Å². The lowest BCUT2D eigenvalue weighted by Crippen LogP contribution is -2.24. The van der Waals surface area contributed by atoms with Gasteiger partial charge in [0.05, 0.1) is 22.3 Å². The number of carbonyl (C=O) groups is 1. The first-order valence-electron chi connectivity index (χ1n) is 6.69. The number of aryl methyl sites for hydroxylation is 1. The maximum atomic E-state index is 12.2. The van der Waals surface area contributed by atoms with E-state index in [0.29, 0.717) is 17.4 Å². The van der Waals surface area contributed by atoms with E-state index >= 15 is 0 Å². The molecule has 0 fully saturated rings. The maximum absolute atomic E-state index is 12.2. The van der Waals surface area contributed by atoms with Gasteiger partial charge < -0.3 is 10.6 Å². The summed E-state index contributed by atoms with van der Waals surface area (Å²) in [6.45, 7) is 5.16. The quantitative estimate of drug-likeness (QED) is 0.856. The molecule has 0 saturated heterocycles. The molecule has 0 radical (unpaired) electrons. The molecule has 0 aliphatic rings. The SMILES string of the molecule is CCCNc1ccc(Cl)c(C(=O)NCc2csc(C)n2)n1. The number of carbonyl (C=O) groups excluding carboxylic acids is 1. The zero-order valence-corrected chi connectivity index (χ0v) is 13.5. The van der Waals surface area contributed by atoms with Crippen LogP contribution in [0.15, 0.2) is 17.5 Å². The van der Waals surface area contributed by atoms with Crippen LogP contribution in [0.3, 0.4) is 0 Å². The number of nitrogens with zero attached hydrogens (tertiary/aromatic N) is 2. The lowest BCUT2D eigenvalue weighted by molar-refractivity contribution is 0.0946. The van der Waals surface area contributed by atoms with Gasteiger partial charge >= 0.3 is 0 Å². The molecule has 0 aliphatic heterocycles. The van der Waals surface area contributed by atoms with Gasteiger partial charge in [0.2, 0.25) is 0 Å². The Morgan fingerprint density at radius 3 is 2.86 bits per heavy atom. The number of pyridine rings is 1. The number of anilines is 1. The van der Waals surface area contributed by atoms with Crippen LogP contribution in [-0.4, -0.2) is 22.4 Å². The van der Waals surface area contributed by atoms with Gasteiger partial charge in [-0.25, -0.2) is 9.97 Å². The lowest BCUT2D eigenvalue weighted by Gasteiger charge is -2.08. The van der Waals surface area contributed by atoms with Crippen molar-refractivity contribution in [2.75, 3.05) is 11.9 Å². The fourth-order valence-electron chi connectivity index (χ4n) is 1.70. The Kier molecular flexibility index (Phi) is 5.52. The van der Waals surface area contributed by atoms with E-state index in [1.165, 1.54) is 0 Å². The summed E-state index contributed by atoms with van der Waals surface area (Å²) in [5.41, 5.74) is 1.06. The summed E-state index contributed by atoms with van der Waals surface area (Å²) in [7, 11) is 0. The van der Waals surface area contributed by atoms with Crippen LogP contribution in [0.5, 0.6) is 0 Å². The van der Waals surface area contributed by atoms with E-state index in [4.69, 9.17) is 11.6 Å². The van der Waals surface area contributed by atoms with Crippen molar-refractivity contribution in [3.05, 3.63) is 38.9 Å². The summed E-state index contributed by atoms with van der Waals surface area (Å²) in [5.74, 6) is 0.349. The highest BCUT2D eigenvalue weighted by atomic mass is 35.5. The molecule has 0 unspecified atom stereocenters. The van der Waals surface area contributed by atoms with Gasteiger partial charge in [0.25, 0.3) is 5.91 Å². The summed E-state index contributed by atoms with van der Waals surface area (Å²) in [6.07, 6.45) is 0.981. The molecule has 112 valence electrons. The van der Waals surface area contributed by atoms with Crippen LogP contribution in [0.25, 0.3) is 0 Å². The number of hydrogen-bond acceptors (Lipinski definition) is 5. The second-order valence-electron chi connectivity index (χ2n) is 4.49. The van der Waals surface area contributed by atoms with Crippen LogP contribution in [0.2, 0.25) is 5.02 Å². The molecule has 2 heterocycles. The Hall–Kier alpha value is -1.66. The van der Waals surface area contributed by atoms with Gasteiger partial charge in [0.15, 0.2) is 0 Å². The van der Waals surface area contributed by atoms with Crippen molar-refractivity contribution in [3.63, 3.8) is 0 Å². The first-order valence-corrected chi connectivity index (χ1v) is 7.95. The first kappa shape index (κ1) is 15.7. The predicted octanol–water partition coefficient (Wildman–Crippen LogP) is 3.25. The van der Waals surface area contributed by atoms with Crippen molar-refractivity contribution in [1.82, 2.24) is 15.3 Å². The molecule has 2 aromatic heterocycles. The predicted molar refractivity (Wildman–Crippen MR) is 86.0 cm³/mol. The summed E-state index contributed by atoms with van der Waals surface area (Å²) in [5, 5.41) is 9.15. The fraction of sp³-hybridized carbons (Fsp3) is 0.357. The molecule has 0 atom stereocenters. The highest BCUT2D eigenvalue weighted by molar-refractivity contribution is 7.09. The topological polar surface area (TPSA) is 66.9 Å². The van der Waals surface area contributed by atoms with Crippen molar-refractivity contribution in [2.45, 2.75) is 26.8 Å². The summed E-state index contributed by atoms with van der Waals surface area (Å²) >= 11 is 7.60. The second-order valence-corrected chi connectivity index (χ2v) is 5.96. The molecule has 21 heavy (non-hydrogen) atoms. The number of rotatable bonds is 6. The molecule has 0 bridgehead atoms. The molecule has 2 N–H and O–H groups in total. The Morgan fingerprint density at radius 2 is 2.19 bits per heavy atom. The highest BCUT2D eigenvalue weighted by Crippen LogP contribution is 2.17. The van der Waals surface area contributed by atoms with Gasteiger partial charge in [-0.2, -0.15) is 0 Å². The van der Waals surface area contributed by atoms with E-state index in [9.17, 15) is 4.79 Å². The molecule has 2 rings (SSSR count). The molecular weight excluding hydrogens is 308 g/mol. The van der Waals surface area contributed by atoms with Gasteiger partial charge in [-0.15, -0.1) is 11.3 Å². The number of aromatic nitrogens is 2. The van der Waals surface area contributed by atoms with Gasteiger partial charge in [0, 0.05) is 11.9 Å². The number of amides is 1. The lowest BCUT2D eigenvalue weighted by atomic mass is 10.3. The largest absolute Gasteiger partial charge is 0.370 e.